The van der Waals surface area contributed by atoms with Crippen molar-refractivity contribution in [3.8, 4) is 0 Å². The highest BCUT2D eigenvalue weighted by atomic mass is 35.5. The molecular weight excluding hydrogens is 319 g/mol. The van der Waals surface area contributed by atoms with Crippen LogP contribution in [0.2, 0.25) is 10.0 Å². The number of carbonyl (C=O) groups excluding carboxylic acids is 1. The molecule has 0 unspecified atom stereocenters. The molecule has 1 heterocycles. The Kier molecular flexibility index (Phi) is 5.28. The SMILES string of the molecule is Nc1nncn1C(=O)CCSCc1ccc(Cl)c(Cl)c1. The Morgan fingerprint density at radius 2 is 2.15 bits per heavy atom. The summed E-state index contributed by atoms with van der Waals surface area (Å²) in [4.78, 5) is 11.8. The molecule has 1 aromatic heterocycles. The van der Waals surface area contributed by atoms with Gasteiger partial charge in [0, 0.05) is 17.9 Å². The van der Waals surface area contributed by atoms with Crippen LogP contribution in [-0.2, 0) is 5.75 Å². The molecule has 0 saturated carbocycles. The lowest BCUT2D eigenvalue weighted by atomic mass is 10.2. The van der Waals surface area contributed by atoms with Crippen molar-refractivity contribution >= 4 is 46.8 Å². The van der Waals surface area contributed by atoms with Crippen LogP contribution in [0.5, 0.6) is 0 Å². The van der Waals surface area contributed by atoms with E-state index >= 15 is 0 Å². The monoisotopic (exact) mass is 330 g/mol. The highest BCUT2D eigenvalue weighted by Crippen LogP contribution is 2.24. The number of halogens is 2. The molecule has 0 aliphatic carbocycles. The first kappa shape index (κ1) is 15.2. The van der Waals surface area contributed by atoms with Crippen molar-refractivity contribution in [2.75, 3.05) is 11.5 Å². The van der Waals surface area contributed by atoms with Crippen LogP contribution in [0.1, 0.15) is 16.8 Å². The van der Waals surface area contributed by atoms with E-state index in [4.69, 9.17) is 28.9 Å². The Morgan fingerprint density at radius 1 is 1.35 bits per heavy atom. The van der Waals surface area contributed by atoms with E-state index in [1.165, 1.54) is 10.9 Å². The van der Waals surface area contributed by atoms with Crippen molar-refractivity contribution in [1.29, 1.82) is 0 Å². The quantitative estimate of drug-likeness (QED) is 0.852. The van der Waals surface area contributed by atoms with Crippen molar-refractivity contribution in [1.82, 2.24) is 14.8 Å². The minimum atomic E-state index is -0.117. The van der Waals surface area contributed by atoms with Gasteiger partial charge in [-0.2, -0.15) is 11.8 Å². The van der Waals surface area contributed by atoms with Gasteiger partial charge in [0.25, 0.3) is 0 Å². The predicted molar refractivity (Wildman–Crippen MR) is 82.3 cm³/mol. The minimum absolute atomic E-state index is 0.115. The fourth-order valence-corrected chi connectivity index (χ4v) is 2.73. The molecule has 0 spiro atoms. The molecule has 0 amide bonds. The number of anilines is 1. The number of rotatable bonds is 5. The van der Waals surface area contributed by atoms with Crippen LogP contribution >= 0.6 is 35.0 Å². The smallest absolute Gasteiger partial charge is 0.235 e. The lowest BCUT2D eigenvalue weighted by molar-refractivity contribution is 0.0912. The van der Waals surface area contributed by atoms with E-state index in [0.717, 1.165) is 11.3 Å². The molecule has 0 aliphatic rings. The second kappa shape index (κ2) is 6.97. The molecule has 2 rings (SSSR count). The van der Waals surface area contributed by atoms with Crippen LogP contribution in [0.15, 0.2) is 24.5 Å². The lowest BCUT2D eigenvalue weighted by Gasteiger charge is -2.04. The van der Waals surface area contributed by atoms with Gasteiger partial charge in [0.2, 0.25) is 11.9 Å². The fraction of sp³-hybridized carbons (Fsp3) is 0.250. The first-order chi connectivity index (χ1) is 9.58. The topological polar surface area (TPSA) is 73.8 Å². The van der Waals surface area contributed by atoms with Gasteiger partial charge in [-0.15, -0.1) is 10.2 Å². The predicted octanol–water partition coefficient (Wildman–Crippen LogP) is 3.13. The van der Waals surface area contributed by atoms with Crippen molar-refractivity contribution in [2.45, 2.75) is 12.2 Å². The number of thioether (sulfide) groups is 1. The summed E-state index contributed by atoms with van der Waals surface area (Å²) in [5.41, 5.74) is 6.57. The van der Waals surface area contributed by atoms with E-state index in [2.05, 4.69) is 10.2 Å². The second-order valence-corrected chi connectivity index (χ2v) is 5.92. The first-order valence-electron chi connectivity index (χ1n) is 5.78. The number of hydrogen-bond donors (Lipinski definition) is 1. The molecule has 0 aliphatic heterocycles. The van der Waals surface area contributed by atoms with E-state index in [9.17, 15) is 4.79 Å². The third-order valence-electron chi connectivity index (χ3n) is 2.56. The maximum atomic E-state index is 11.8. The van der Waals surface area contributed by atoms with Gasteiger partial charge in [-0.3, -0.25) is 4.79 Å². The summed E-state index contributed by atoms with van der Waals surface area (Å²) in [6.07, 6.45) is 1.69. The highest BCUT2D eigenvalue weighted by molar-refractivity contribution is 7.98. The molecule has 0 atom stereocenters. The molecule has 20 heavy (non-hydrogen) atoms. The van der Waals surface area contributed by atoms with Crippen molar-refractivity contribution in [3.05, 3.63) is 40.1 Å². The average Bonchev–Trinajstić information content (AvgIpc) is 2.85. The number of benzene rings is 1. The molecule has 0 bridgehead atoms. The van der Waals surface area contributed by atoms with E-state index < -0.39 is 0 Å². The Hall–Kier alpha value is -1.24. The van der Waals surface area contributed by atoms with Crippen LogP contribution in [-0.4, -0.2) is 26.4 Å². The molecule has 8 heteroatoms. The van der Waals surface area contributed by atoms with Gasteiger partial charge in [0.05, 0.1) is 10.0 Å². The fourth-order valence-electron chi connectivity index (χ4n) is 1.54. The molecule has 0 saturated heterocycles. The number of hydrogen-bond acceptors (Lipinski definition) is 5. The molecule has 0 fully saturated rings. The zero-order valence-corrected chi connectivity index (χ0v) is 12.8. The summed E-state index contributed by atoms with van der Waals surface area (Å²) in [5.74, 6) is 1.44. The summed E-state index contributed by atoms with van der Waals surface area (Å²) in [6, 6.07) is 5.51. The average molecular weight is 331 g/mol. The minimum Gasteiger partial charge on any atom is -0.368 e. The molecule has 1 aromatic carbocycles. The lowest BCUT2D eigenvalue weighted by Crippen LogP contribution is -2.13. The summed E-state index contributed by atoms with van der Waals surface area (Å²) >= 11 is 13.4. The Bertz CT molecular complexity index is 617. The Morgan fingerprint density at radius 3 is 2.80 bits per heavy atom. The zero-order valence-electron chi connectivity index (χ0n) is 10.4. The standard InChI is InChI=1S/C12H12Cl2N4OS/c13-9-2-1-8(5-10(9)14)6-20-4-3-11(19)18-7-16-17-12(18)15/h1-2,5,7H,3-4,6H2,(H2,15,17). The Balaban J connectivity index is 1.78. The molecule has 2 N–H and O–H groups in total. The van der Waals surface area contributed by atoms with Gasteiger partial charge >= 0.3 is 0 Å². The van der Waals surface area contributed by atoms with E-state index in [1.807, 2.05) is 12.1 Å². The number of aromatic nitrogens is 3. The van der Waals surface area contributed by atoms with Crippen molar-refractivity contribution < 1.29 is 4.79 Å². The summed E-state index contributed by atoms with van der Waals surface area (Å²) in [6.45, 7) is 0. The molecule has 0 radical (unpaired) electrons. The van der Waals surface area contributed by atoms with Gasteiger partial charge in [0.1, 0.15) is 6.33 Å². The third kappa shape index (κ3) is 3.88. The van der Waals surface area contributed by atoms with Crippen molar-refractivity contribution in [2.24, 2.45) is 0 Å². The molecule has 2 aromatic rings. The van der Waals surface area contributed by atoms with Gasteiger partial charge < -0.3 is 5.73 Å². The third-order valence-corrected chi connectivity index (χ3v) is 4.33. The van der Waals surface area contributed by atoms with Crippen LogP contribution in [0.3, 0.4) is 0 Å². The largest absolute Gasteiger partial charge is 0.368 e. The number of nitrogen functional groups attached to an aromatic ring is 1. The van der Waals surface area contributed by atoms with Crippen LogP contribution in [0, 0.1) is 0 Å². The summed E-state index contributed by atoms with van der Waals surface area (Å²) in [7, 11) is 0. The van der Waals surface area contributed by atoms with E-state index in [0.29, 0.717) is 22.2 Å². The first-order valence-corrected chi connectivity index (χ1v) is 7.69. The van der Waals surface area contributed by atoms with Crippen LogP contribution in [0.25, 0.3) is 0 Å². The van der Waals surface area contributed by atoms with Gasteiger partial charge in [-0.1, -0.05) is 29.3 Å². The van der Waals surface area contributed by atoms with E-state index in [1.54, 1.807) is 17.8 Å². The van der Waals surface area contributed by atoms with Crippen LogP contribution < -0.4 is 5.73 Å². The number of nitrogens with two attached hydrogens (primary N) is 1. The Labute approximate surface area is 130 Å². The number of carbonyl (C=O) groups is 1. The molecule has 5 nitrogen and oxygen atoms in total. The van der Waals surface area contributed by atoms with E-state index in [-0.39, 0.29) is 11.9 Å². The summed E-state index contributed by atoms with van der Waals surface area (Å²) in [5, 5.41) is 8.22. The maximum absolute atomic E-state index is 11.8. The van der Waals surface area contributed by atoms with Gasteiger partial charge in [-0.05, 0) is 17.7 Å². The summed E-state index contributed by atoms with van der Waals surface area (Å²) < 4.78 is 1.25. The molecular formula is C12H12Cl2N4OS. The van der Waals surface area contributed by atoms with Gasteiger partial charge in [-0.25, -0.2) is 4.57 Å². The zero-order chi connectivity index (χ0) is 14.5. The van der Waals surface area contributed by atoms with Gasteiger partial charge in [0.15, 0.2) is 0 Å². The highest BCUT2D eigenvalue weighted by Gasteiger charge is 2.09. The normalized spacial score (nSPS) is 10.7. The van der Waals surface area contributed by atoms with Crippen molar-refractivity contribution in [3.63, 3.8) is 0 Å². The maximum Gasteiger partial charge on any atom is 0.235 e. The number of nitrogens with zero attached hydrogens (tertiary/aromatic N) is 3. The van der Waals surface area contributed by atoms with Crippen LogP contribution in [0.4, 0.5) is 5.95 Å². The second-order valence-electron chi connectivity index (χ2n) is 4.00. The molecule has 106 valence electrons.